The average Bonchev–Trinajstić information content (AvgIpc) is 3.77. The zero-order valence-electron chi connectivity index (χ0n) is 29.8. The summed E-state index contributed by atoms with van der Waals surface area (Å²) in [5.41, 5.74) is 3.38. The molecule has 2 fully saturated rings. The first kappa shape index (κ1) is 40.0. The number of benzene rings is 3. The highest BCUT2D eigenvalue weighted by Gasteiger charge is 2.34. The van der Waals surface area contributed by atoms with Gasteiger partial charge in [0, 0.05) is 48.0 Å². The van der Waals surface area contributed by atoms with Crippen molar-refractivity contribution in [3.05, 3.63) is 98.0 Å². The number of carboxylic acids is 1. The van der Waals surface area contributed by atoms with Crippen LogP contribution in [0.15, 0.2) is 64.1 Å². The number of imide groups is 1. The van der Waals surface area contributed by atoms with Crippen LogP contribution in [0.3, 0.4) is 0 Å². The average molecular weight is 793 g/mol. The second-order valence-electron chi connectivity index (χ2n) is 13.4. The molecule has 0 saturated carbocycles. The van der Waals surface area contributed by atoms with Gasteiger partial charge in [-0.1, -0.05) is 11.1 Å². The number of likely N-dealkylation sites (tertiary alicyclic amines) is 1. The summed E-state index contributed by atoms with van der Waals surface area (Å²) in [6.45, 7) is 3.27. The quantitative estimate of drug-likeness (QED) is 0.0684. The number of aromatic nitrogens is 2. The largest absolute Gasteiger partial charge is 0.505 e. The van der Waals surface area contributed by atoms with Crippen LogP contribution in [0.1, 0.15) is 46.4 Å². The second-order valence-corrected chi connectivity index (χ2v) is 13.4. The summed E-state index contributed by atoms with van der Waals surface area (Å²) in [6.07, 6.45) is 4.07. The number of aromatic hydroxyl groups is 1. The van der Waals surface area contributed by atoms with E-state index >= 15 is 0 Å². The highest BCUT2D eigenvalue weighted by atomic mass is 19.1. The Morgan fingerprint density at radius 2 is 1.72 bits per heavy atom. The number of β-amino-alcohol motifs (C(OH)–C–C–N with tert-alkyl or cyclic N) is 1. The van der Waals surface area contributed by atoms with Crippen LogP contribution in [0.4, 0.5) is 14.7 Å². The highest BCUT2D eigenvalue weighted by molar-refractivity contribution is 6.09. The predicted octanol–water partition coefficient (Wildman–Crippen LogP) is 3.29. The highest BCUT2D eigenvalue weighted by Crippen LogP contribution is 2.43. The second kappa shape index (κ2) is 16.6. The van der Waals surface area contributed by atoms with Gasteiger partial charge >= 0.3 is 17.9 Å². The molecule has 57 heavy (non-hydrogen) atoms. The minimum Gasteiger partial charge on any atom is -0.505 e. The van der Waals surface area contributed by atoms with E-state index in [1.54, 1.807) is 0 Å². The van der Waals surface area contributed by atoms with Crippen molar-refractivity contribution >= 4 is 40.7 Å². The number of nitrogens with two attached hydrogens (primary N) is 1. The number of nitro groups is 1. The molecular formula is C37H34F2N6O12. The normalized spacial score (nSPS) is 15.5. The van der Waals surface area contributed by atoms with Crippen LogP contribution in [-0.4, -0.2) is 95.8 Å². The molecule has 0 radical (unpaired) electrons. The molecule has 2 aromatic carbocycles. The van der Waals surface area contributed by atoms with Gasteiger partial charge in [-0.25, -0.2) is 22.9 Å². The van der Waals surface area contributed by atoms with Gasteiger partial charge in [0.1, 0.15) is 23.7 Å². The van der Waals surface area contributed by atoms with E-state index in [-0.39, 0.29) is 64.3 Å². The number of carbonyl (C=O) groups is 4. The summed E-state index contributed by atoms with van der Waals surface area (Å²) >= 11 is 0. The predicted molar refractivity (Wildman–Crippen MR) is 193 cm³/mol. The van der Waals surface area contributed by atoms with Gasteiger partial charge in [-0.05, 0) is 73.1 Å². The molecule has 1 unspecified atom stereocenters. The Kier molecular flexibility index (Phi) is 11.7. The van der Waals surface area contributed by atoms with E-state index in [1.165, 1.54) is 17.0 Å². The number of rotatable bonds is 10. The Morgan fingerprint density at radius 1 is 1.02 bits per heavy atom. The third-order valence-electron chi connectivity index (χ3n) is 9.55. The Labute approximate surface area is 319 Å². The van der Waals surface area contributed by atoms with Crippen LogP contribution in [-0.2, 0) is 21.0 Å². The Balaban J connectivity index is 0.000000232. The number of aromatic carboxylic acids is 1. The van der Waals surface area contributed by atoms with Crippen molar-refractivity contribution in [1.29, 1.82) is 0 Å². The Morgan fingerprint density at radius 3 is 2.37 bits per heavy atom. The lowest BCUT2D eigenvalue weighted by Gasteiger charge is -2.32. The van der Waals surface area contributed by atoms with Crippen molar-refractivity contribution in [2.75, 3.05) is 26.2 Å². The van der Waals surface area contributed by atoms with E-state index in [9.17, 15) is 58.2 Å². The number of hydroxylamine groups is 2. The molecule has 5 N–H and O–H groups in total. The number of hydrogen-bond acceptors (Lipinski definition) is 14. The number of imidazole rings is 1. The molecule has 0 bridgehead atoms. The summed E-state index contributed by atoms with van der Waals surface area (Å²) in [5.74, 6) is -7.06. The van der Waals surface area contributed by atoms with Crippen molar-refractivity contribution < 1.29 is 57.5 Å². The smallest absolute Gasteiger partial charge is 0.434 e. The van der Waals surface area contributed by atoms with Gasteiger partial charge in [-0.15, -0.1) is 5.06 Å². The molecule has 0 spiro atoms. The number of phenols is 1. The van der Waals surface area contributed by atoms with Gasteiger partial charge in [-0.3, -0.25) is 14.4 Å². The van der Waals surface area contributed by atoms with Crippen molar-refractivity contribution in [3.8, 4) is 28.2 Å². The summed E-state index contributed by atoms with van der Waals surface area (Å²) in [5, 5.41) is 40.7. The number of phenolic OH excluding ortho intramolecular Hbond substituents is 1. The lowest BCUT2D eigenvalue weighted by molar-refractivity contribution is -0.397. The Hall–Kier alpha value is -6.64. The third kappa shape index (κ3) is 8.62. The van der Waals surface area contributed by atoms with Crippen molar-refractivity contribution in [2.24, 2.45) is 11.7 Å². The van der Waals surface area contributed by atoms with Gasteiger partial charge in [0.15, 0.2) is 17.4 Å². The number of piperidine rings is 1. The first-order valence-corrected chi connectivity index (χ1v) is 17.5. The zero-order valence-corrected chi connectivity index (χ0v) is 29.8. The summed E-state index contributed by atoms with van der Waals surface area (Å²) < 4.78 is 35.5. The lowest BCUT2D eigenvalue weighted by Crippen LogP contribution is -2.41. The third-order valence-corrected chi connectivity index (χ3v) is 9.55. The summed E-state index contributed by atoms with van der Waals surface area (Å²) in [7, 11) is 0. The molecule has 4 aliphatic rings. The fourth-order valence-corrected chi connectivity index (χ4v) is 6.65. The number of carboxylic acid groups (broad SMARTS) is 1. The maximum Gasteiger partial charge on any atom is 0.434 e. The van der Waals surface area contributed by atoms with Crippen LogP contribution in [0.5, 0.6) is 5.75 Å². The van der Waals surface area contributed by atoms with Gasteiger partial charge in [0.05, 0.1) is 23.8 Å². The van der Waals surface area contributed by atoms with Crippen molar-refractivity contribution in [3.63, 3.8) is 0 Å². The molecule has 20 heteroatoms. The zero-order chi connectivity index (χ0) is 41.1. The molecule has 1 atom stereocenters. The number of halogens is 2. The van der Waals surface area contributed by atoms with Crippen LogP contribution < -0.4 is 11.2 Å². The van der Waals surface area contributed by atoms with Gasteiger partial charge < -0.3 is 45.3 Å². The maximum atomic E-state index is 14.3. The van der Waals surface area contributed by atoms with Crippen LogP contribution in [0.2, 0.25) is 0 Å². The van der Waals surface area contributed by atoms with E-state index < -0.39 is 63.2 Å². The Bertz CT molecular complexity index is 2410. The van der Waals surface area contributed by atoms with E-state index in [2.05, 4.69) is 9.88 Å². The molecule has 3 aromatic rings. The molecule has 1 aliphatic carbocycles. The van der Waals surface area contributed by atoms with E-state index in [1.807, 2.05) is 0 Å². The number of aliphatic hydroxyl groups excluding tert-OH is 1. The fourth-order valence-electron chi connectivity index (χ4n) is 6.65. The number of nitrogens with zero attached hydrogens (tertiary/aromatic N) is 5. The van der Waals surface area contributed by atoms with Crippen molar-refractivity contribution in [1.82, 2.24) is 19.5 Å². The molecule has 18 nitrogen and oxygen atoms in total. The van der Waals surface area contributed by atoms with E-state index in [4.69, 9.17) is 15.0 Å². The lowest BCUT2D eigenvalue weighted by atomic mass is 9.89. The SMILES string of the molecule is NCC1CCN(CC(O)Cn2ccnc2[N+](=O)[O-])CC1.O=C(ON1C(=O)CCC1=O)c1ccc(-c2c3cc(F)c(=O)cc-3oc3cc(O)c(F)cc23)c(C(=O)O)c1. The molecule has 3 aliphatic heterocycles. The number of aliphatic hydroxyl groups is 1. The molecule has 1 aromatic heterocycles. The molecule has 298 valence electrons. The van der Waals surface area contributed by atoms with Crippen molar-refractivity contribution in [2.45, 2.75) is 38.3 Å². The first-order valence-electron chi connectivity index (χ1n) is 17.5. The first-order chi connectivity index (χ1) is 27.1. The molecular weight excluding hydrogens is 758 g/mol. The minimum atomic E-state index is -1.54. The molecule has 7 rings (SSSR count). The standard InChI is InChI=1S/C25H13F2NO9.C12H21N5O3/c26-15-6-13-19(8-17(15)29)36-20-9-18(30)16(27)7-14(20)23(13)11-2-1-10(5-12(11)24(33)34)25(35)37-28-21(31)3-4-22(28)32;13-7-10-1-4-15(5-2-10)8-11(18)9-16-6-3-14-12(16)17(19)20/h1-2,5-9,29H,3-4H2,(H,33,34);3,6,10-11,18H,1-2,4-5,7-9,13H2. The number of carbonyl (C=O) groups excluding carboxylic acids is 3. The van der Waals surface area contributed by atoms with Gasteiger partial charge in [-0.2, -0.15) is 0 Å². The number of fused-ring (bicyclic) bond motifs is 2. The summed E-state index contributed by atoms with van der Waals surface area (Å²) in [4.78, 5) is 81.0. The fraction of sp³-hybridized carbons (Fsp3) is 0.297. The molecule has 2 saturated heterocycles. The topological polar surface area (TPSA) is 262 Å². The van der Waals surface area contributed by atoms with E-state index in [0.717, 1.165) is 74.9 Å². The monoisotopic (exact) mass is 792 g/mol. The number of hydrogen-bond donors (Lipinski definition) is 4. The molecule has 2 amide bonds. The van der Waals surface area contributed by atoms with E-state index in [0.29, 0.717) is 17.5 Å². The minimum absolute atomic E-state index is 0.0590. The summed E-state index contributed by atoms with van der Waals surface area (Å²) in [6, 6.07) is 6.59. The van der Waals surface area contributed by atoms with Crippen LogP contribution in [0, 0.1) is 27.7 Å². The van der Waals surface area contributed by atoms with Crippen LogP contribution in [0.25, 0.3) is 33.4 Å². The number of amides is 2. The van der Waals surface area contributed by atoms with Crippen LogP contribution >= 0.6 is 0 Å². The van der Waals surface area contributed by atoms with Gasteiger partial charge in [0.2, 0.25) is 5.43 Å². The molecule has 4 heterocycles. The van der Waals surface area contributed by atoms with Gasteiger partial charge in [0.25, 0.3) is 11.8 Å². The maximum absolute atomic E-state index is 14.3.